The second-order valence-corrected chi connectivity index (χ2v) is 6.03. The number of piperidine rings is 1. The van der Waals surface area contributed by atoms with Crippen LogP contribution < -0.4 is 5.32 Å². The lowest BCUT2D eigenvalue weighted by molar-refractivity contribution is 0.401. The highest BCUT2D eigenvalue weighted by Crippen LogP contribution is 2.20. The van der Waals surface area contributed by atoms with E-state index in [1.54, 1.807) is 0 Å². The highest BCUT2D eigenvalue weighted by Gasteiger charge is 2.20. The van der Waals surface area contributed by atoms with E-state index in [1.807, 2.05) is 24.3 Å². The summed E-state index contributed by atoms with van der Waals surface area (Å²) in [4.78, 5) is 4.30. The maximum atomic E-state index is 12.2. The molecule has 1 aliphatic rings. The van der Waals surface area contributed by atoms with Crippen molar-refractivity contribution in [1.29, 1.82) is 0 Å². The van der Waals surface area contributed by atoms with E-state index in [9.17, 15) is 4.21 Å². The normalized spacial score (nSPS) is 18.1. The van der Waals surface area contributed by atoms with Gasteiger partial charge in [0.2, 0.25) is 0 Å². The number of aromatic nitrogens is 1. The monoisotopic (exact) mass is 300 g/mol. The van der Waals surface area contributed by atoms with Crippen LogP contribution in [-0.2, 0) is 10.8 Å². The first kappa shape index (κ1) is 14.5. The van der Waals surface area contributed by atoms with Gasteiger partial charge in [-0.15, -0.1) is 12.4 Å². The fraction of sp³-hybridized carbons (Fsp3) is 0.462. The lowest BCUT2D eigenvalue weighted by Gasteiger charge is -2.21. The first-order chi connectivity index (χ1) is 8.83. The Hall–Kier alpha value is -0.910. The molecule has 1 aromatic heterocycles. The number of hydrogen-bond donors (Lipinski definition) is 1. The lowest BCUT2D eigenvalue weighted by Crippen LogP contribution is -2.30. The first-order valence-electron chi connectivity index (χ1n) is 6.27. The number of rotatable bonds is 3. The summed E-state index contributed by atoms with van der Waals surface area (Å²) in [5.41, 5.74) is 1.50. The summed E-state index contributed by atoms with van der Waals surface area (Å²) in [5.74, 6) is 1.18. The summed E-state index contributed by atoms with van der Waals surface area (Å²) in [6, 6.07) is 7.54. The van der Waals surface area contributed by atoms with Crippen molar-refractivity contribution in [3.63, 3.8) is 0 Å². The Bertz CT molecular complexity index is 534. The number of nitrogens with one attached hydrogen (secondary N) is 1. The molecule has 19 heavy (non-hydrogen) atoms. The van der Waals surface area contributed by atoms with Crippen molar-refractivity contribution in [3.8, 4) is 0 Å². The molecule has 1 saturated heterocycles. The lowest BCUT2D eigenvalue weighted by atomic mass is 10.0. The van der Waals surface area contributed by atoms with Crippen LogP contribution in [-0.4, -0.2) is 28.0 Å². The second kappa shape index (κ2) is 6.50. The van der Waals surface area contributed by atoms with Crippen LogP contribution in [0.15, 0.2) is 33.9 Å². The average Bonchev–Trinajstić information content (AvgIpc) is 2.84. The molecule has 0 bridgehead atoms. The molecule has 0 saturated carbocycles. The summed E-state index contributed by atoms with van der Waals surface area (Å²) in [5, 5.41) is 3.68. The number of halogens is 1. The summed E-state index contributed by atoms with van der Waals surface area (Å²) < 4.78 is 17.8. The summed E-state index contributed by atoms with van der Waals surface area (Å²) in [6.07, 6.45) is 2.18. The van der Waals surface area contributed by atoms with E-state index in [0.717, 1.165) is 31.4 Å². The van der Waals surface area contributed by atoms with Gasteiger partial charge in [0.05, 0.1) is 0 Å². The van der Waals surface area contributed by atoms with Gasteiger partial charge >= 0.3 is 0 Å². The molecule has 1 atom stereocenters. The Morgan fingerprint density at radius 1 is 1.32 bits per heavy atom. The molecule has 0 amide bonds. The van der Waals surface area contributed by atoms with Crippen molar-refractivity contribution < 1.29 is 8.63 Å². The number of para-hydroxylation sites is 2. The molecule has 2 heterocycles. The van der Waals surface area contributed by atoms with Crippen molar-refractivity contribution >= 4 is 34.3 Å². The maximum absolute atomic E-state index is 12.2. The van der Waals surface area contributed by atoms with Gasteiger partial charge < -0.3 is 9.73 Å². The molecule has 0 spiro atoms. The van der Waals surface area contributed by atoms with E-state index in [1.165, 1.54) is 0 Å². The maximum Gasteiger partial charge on any atom is 0.287 e. The van der Waals surface area contributed by atoms with E-state index in [4.69, 9.17) is 4.42 Å². The van der Waals surface area contributed by atoms with Gasteiger partial charge in [0, 0.05) is 5.75 Å². The standard InChI is InChI=1S/C13H16N2O2S.ClH/c16-18(9-10-5-7-14-8-6-10)13-15-11-3-1-2-4-12(11)17-13;/h1-4,10,14H,5-9H2;1H. The Morgan fingerprint density at radius 3 is 2.79 bits per heavy atom. The van der Waals surface area contributed by atoms with Gasteiger partial charge in [-0.1, -0.05) is 12.1 Å². The number of benzene rings is 1. The van der Waals surface area contributed by atoms with Gasteiger partial charge in [-0.2, -0.15) is 0 Å². The number of hydrogen-bond acceptors (Lipinski definition) is 4. The van der Waals surface area contributed by atoms with Crippen LogP contribution >= 0.6 is 12.4 Å². The molecule has 1 aliphatic heterocycles. The topological polar surface area (TPSA) is 55.1 Å². The van der Waals surface area contributed by atoms with Crippen molar-refractivity contribution in [2.75, 3.05) is 18.8 Å². The number of fused-ring (bicyclic) bond motifs is 1. The molecule has 2 aromatic rings. The van der Waals surface area contributed by atoms with E-state index in [-0.39, 0.29) is 12.4 Å². The molecule has 0 radical (unpaired) electrons. The third kappa shape index (κ3) is 3.35. The van der Waals surface area contributed by atoms with E-state index >= 15 is 0 Å². The molecule has 104 valence electrons. The van der Waals surface area contributed by atoms with Gasteiger partial charge in [-0.25, -0.2) is 9.19 Å². The van der Waals surface area contributed by atoms with Crippen molar-refractivity contribution in [2.24, 2.45) is 5.92 Å². The van der Waals surface area contributed by atoms with Gasteiger partial charge in [-0.3, -0.25) is 0 Å². The molecular weight excluding hydrogens is 284 g/mol. The SMILES string of the molecule is Cl.O=S(CC1CCNCC1)c1nc2ccccc2o1. The predicted octanol–water partition coefficient (Wildman–Crippen LogP) is 2.36. The van der Waals surface area contributed by atoms with Crippen LogP contribution in [0.5, 0.6) is 0 Å². The largest absolute Gasteiger partial charge is 0.430 e. The molecule has 4 nitrogen and oxygen atoms in total. The molecule has 1 fully saturated rings. The Morgan fingerprint density at radius 2 is 2.05 bits per heavy atom. The van der Waals surface area contributed by atoms with E-state index in [0.29, 0.717) is 22.5 Å². The zero-order valence-corrected chi connectivity index (χ0v) is 12.1. The first-order valence-corrected chi connectivity index (χ1v) is 7.59. The molecule has 1 aromatic carbocycles. The molecule has 6 heteroatoms. The molecular formula is C13H17ClN2O2S. The summed E-state index contributed by atoms with van der Waals surface area (Å²) >= 11 is 0. The zero-order valence-electron chi connectivity index (χ0n) is 10.5. The molecule has 1 unspecified atom stereocenters. The highest BCUT2D eigenvalue weighted by atomic mass is 35.5. The van der Waals surface area contributed by atoms with Crippen molar-refractivity contribution in [3.05, 3.63) is 24.3 Å². The average molecular weight is 301 g/mol. The fourth-order valence-electron chi connectivity index (χ4n) is 2.28. The van der Waals surface area contributed by atoms with E-state index in [2.05, 4.69) is 10.3 Å². The van der Waals surface area contributed by atoms with Crippen molar-refractivity contribution in [1.82, 2.24) is 10.3 Å². The van der Waals surface area contributed by atoms with Gasteiger partial charge in [-0.05, 0) is 44.0 Å². The molecule has 1 N–H and O–H groups in total. The van der Waals surface area contributed by atoms with Gasteiger partial charge in [0.15, 0.2) is 5.58 Å². The molecule has 3 rings (SSSR count). The van der Waals surface area contributed by atoms with Crippen LogP contribution in [0.3, 0.4) is 0 Å². The van der Waals surface area contributed by atoms with Crippen LogP contribution in [0.1, 0.15) is 12.8 Å². The zero-order chi connectivity index (χ0) is 12.4. The smallest absolute Gasteiger partial charge is 0.287 e. The Balaban J connectivity index is 0.00000133. The Labute approximate surface area is 120 Å². The highest BCUT2D eigenvalue weighted by molar-refractivity contribution is 7.84. The van der Waals surface area contributed by atoms with Gasteiger partial charge in [0.25, 0.3) is 5.22 Å². The van der Waals surface area contributed by atoms with E-state index < -0.39 is 10.8 Å². The summed E-state index contributed by atoms with van der Waals surface area (Å²) in [7, 11) is -1.12. The minimum Gasteiger partial charge on any atom is -0.430 e. The predicted molar refractivity (Wildman–Crippen MR) is 78.1 cm³/mol. The van der Waals surface area contributed by atoms with Crippen molar-refractivity contribution in [2.45, 2.75) is 18.1 Å². The van der Waals surface area contributed by atoms with Gasteiger partial charge in [0.1, 0.15) is 16.3 Å². The molecule has 0 aliphatic carbocycles. The minimum atomic E-state index is -1.12. The quantitative estimate of drug-likeness (QED) is 0.945. The van der Waals surface area contributed by atoms with Crippen LogP contribution in [0.2, 0.25) is 0 Å². The van der Waals surface area contributed by atoms with Crippen LogP contribution in [0.4, 0.5) is 0 Å². The number of oxazole rings is 1. The Kier molecular flexibility index (Phi) is 4.96. The number of nitrogens with zero attached hydrogens (tertiary/aromatic N) is 1. The van der Waals surface area contributed by atoms with Crippen LogP contribution in [0, 0.1) is 5.92 Å². The third-order valence-electron chi connectivity index (χ3n) is 3.31. The fourth-order valence-corrected chi connectivity index (χ4v) is 3.57. The minimum absolute atomic E-state index is 0. The second-order valence-electron chi connectivity index (χ2n) is 4.65. The third-order valence-corrected chi connectivity index (χ3v) is 4.65. The van der Waals surface area contributed by atoms with Crippen LogP contribution in [0.25, 0.3) is 11.1 Å². The summed E-state index contributed by atoms with van der Waals surface area (Å²) in [6.45, 7) is 2.05.